The second kappa shape index (κ2) is 18.6. The number of benzene rings is 7. The Morgan fingerprint density at radius 3 is 0.816 bits per heavy atom. The molecular formula is C45H9BF29Li. The van der Waals surface area contributed by atoms with Crippen molar-refractivity contribution >= 4 is 38.8 Å². The van der Waals surface area contributed by atoms with E-state index in [1.165, 1.54) is 18.2 Å². The standard InChI is InChI=1S/C45H9BF29.Li/c47-23-13(12-7-8-5-6-9(8)10-3-1-2-4-11(10)12)24(48)26(50)14(25(23)49)15-27(51)35(59)19(36(60)28(15)52)46(20-37(61)29(53)16(43(67,68)69)30(54)38(20)62,21-39(63)31(55)17(44(70,71)72)32(56)40(21)64)22-41(65)33(57)18(45(73,74)75)34(58)42(22)66;/h1-4,7H,5-6H2;/q-1;+1. The topological polar surface area (TPSA) is 0 Å². The van der Waals surface area contributed by atoms with E-state index in [2.05, 4.69) is 0 Å². The fourth-order valence-electron chi connectivity index (χ4n) is 9.34. The molecule has 0 atom stereocenters. The molecule has 0 nitrogen and oxygen atoms in total. The first-order chi connectivity index (χ1) is 34.5. The van der Waals surface area contributed by atoms with E-state index in [9.17, 15) is 39.5 Å². The van der Waals surface area contributed by atoms with E-state index < -0.39 is 202 Å². The second-order valence-corrected chi connectivity index (χ2v) is 16.2. The number of hydrogen-bond acceptors (Lipinski definition) is 0. The third kappa shape index (κ3) is 7.79. The van der Waals surface area contributed by atoms with Gasteiger partial charge in [0.05, 0.1) is 16.7 Å². The Bertz CT molecular complexity index is 3350. The number of rotatable bonds is 6. The van der Waals surface area contributed by atoms with Crippen molar-refractivity contribution in [2.24, 2.45) is 0 Å². The largest absolute Gasteiger partial charge is 1.00 e. The van der Waals surface area contributed by atoms with Gasteiger partial charge in [0.1, 0.15) is 69.4 Å². The average Bonchev–Trinajstić information content (AvgIpc) is 3.29. The van der Waals surface area contributed by atoms with Crippen molar-refractivity contribution in [1.82, 2.24) is 0 Å². The van der Waals surface area contributed by atoms with Crippen LogP contribution in [0.2, 0.25) is 0 Å². The summed E-state index contributed by atoms with van der Waals surface area (Å²) in [6.07, 6.45) is -28.6. The van der Waals surface area contributed by atoms with E-state index in [0.717, 1.165) is 12.1 Å². The first kappa shape index (κ1) is 57.1. The monoisotopic (exact) mass is 1120 g/mol. The van der Waals surface area contributed by atoms with Gasteiger partial charge in [-0.15, -0.1) is 21.9 Å². The second-order valence-electron chi connectivity index (χ2n) is 16.2. The van der Waals surface area contributed by atoms with Crippen LogP contribution in [-0.4, -0.2) is 6.15 Å². The van der Waals surface area contributed by atoms with E-state index in [-0.39, 0.29) is 41.6 Å². The molecule has 0 radical (unpaired) electrons. The van der Waals surface area contributed by atoms with E-state index in [0.29, 0.717) is 12.0 Å². The first-order valence-electron chi connectivity index (χ1n) is 19.7. The van der Waals surface area contributed by atoms with Gasteiger partial charge in [0.15, 0.2) is 69.8 Å². The molecule has 8 rings (SSSR count). The maximum atomic E-state index is 17.2. The Morgan fingerprint density at radius 1 is 0.303 bits per heavy atom. The number of alkyl halides is 9. The van der Waals surface area contributed by atoms with Crippen LogP contribution in [0.25, 0.3) is 33.0 Å². The summed E-state index contributed by atoms with van der Waals surface area (Å²) in [5, 5.41) is -0.0522. The van der Waals surface area contributed by atoms with Crippen molar-refractivity contribution in [2.75, 3.05) is 0 Å². The molecule has 0 aromatic heterocycles. The molecule has 0 unspecified atom stereocenters. The maximum Gasteiger partial charge on any atom is 1.00 e. The Labute approximate surface area is 412 Å². The predicted molar refractivity (Wildman–Crippen MR) is 200 cm³/mol. The summed E-state index contributed by atoms with van der Waals surface area (Å²) in [4.78, 5) is 0. The molecule has 396 valence electrons. The molecule has 0 aliphatic heterocycles. The fraction of sp³-hybridized carbons (Fsp3) is 0.111. The van der Waals surface area contributed by atoms with Crippen LogP contribution in [0, 0.1) is 116 Å². The van der Waals surface area contributed by atoms with Gasteiger partial charge < -0.3 is 0 Å². The minimum atomic E-state index is -8.28. The van der Waals surface area contributed by atoms with Crippen LogP contribution >= 0.6 is 0 Å². The zero-order chi connectivity index (χ0) is 56.2. The Morgan fingerprint density at radius 2 is 0.553 bits per heavy atom. The summed E-state index contributed by atoms with van der Waals surface area (Å²) in [6.45, 7) is 0. The van der Waals surface area contributed by atoms with E-state index >= 15 is 87.8 Å². The van der Waals surface area contributed by atoms with Crippen molar-refractivity contribution in [1.29, 1.82) is 0 Å². The Balaban J connectivity index is 0.00000840. The molecule has 0 saturated heterocycles. The molecule has 1 aliphatic rings. The normalized spacial score (nSPS) is 13.1. The molecule has 7 aromatic rings. The molecule has 0 amide bonds. The van der Waals surface area contributed by atoms with Crippen molar-refractivity contribution in [2.45, 2.75) is 31.4 Å². The van der Waals surface area contributed by atoms with Crippen molar-refractivity contribution < 1.29 is 146 Å². The summed E-state index contributed by atoms with van der Waals surface area (Å²) in [7, 11) is 0. The first-order valence-corrected chi connectivity index (χ1v) is 19.7. The molecule has 0 bridgehead atoms. The number of hydrogen-bond donors (Lipinski definition) is 0. The maximum absolute atomic E-state index is 17.2. The minimum absolute atomic E-state index is 0. The van der Waals surface area contributed by atoms with Gasteiger partial charge in [-0.2, -0.15) is 39.5 Å². The van der Waals surface area contributed by atoms with Crippen LogP contribution in [-0.2, 0) is 31.4 Å². The zero-order valence-corrected chi connectivity index (χ0v) is 35.8. The number of aryl methyl sites for hydroxylation is 2. The average molecular weight is 1120 g/mol. The van der Waals surface area contributed by atoms with Crippen LogP contribution in [0.4, 0.5) is 127 Å². The summed E-state index contributed by atoms with van der Waals surface area (Å²) >= 11 is 0. The van der Waals surface area contributed by atoms with Gasteiger partial charge in [0.2, 0.25) is 0 Å². The van der Waals surface area contributed by atoms with Gasteiger partial charge in [-0.3, -0.25) is 0 Å². The third-order valence-electron chi connectivity index (χ3n) is 12.4. The van der Waals surface area contributed by atoms with Crippen LogP contribution in [0.15, 0.2) is 30.3 Å². The molecule has 31 heteroatoms. The van der Waals surface area contributed by atoms with Crippen LogP contribution in [0.3, 0.4) is 0 Å². The van der Waals surface area contributed by atoms with Gasteiger partial charge in [-0.1, -0.05) is 30.3 Å². The molecule has 0 saturated carbocycles. The molecule has 0 N–H and O–H groups in total. The van der Waals surface area contributed by atoms with E-state index in [4.69, 9.17) is 0 Å². The van der Waals surface area contributed by atoms with E-state index in [1.807, 2.05) is 0 Å². The SMILES string of the molecule is Fc1c(F)c(-c2cc3c(c4ccccc24)CC3)c(F)c(F)c1-c1c(F)c(F)c([B-](c2c(F)c(F)c(C(F)(F)F)c(F)c2F)(c2c(F)c(F)c(C(F)(F)F)c(F)c2F)c2c(F)c(F)c(C(F)(F)F)c(F)c2F)c(F)c1F.[Li+]. The molecule has 76 heavy (non-hydrogen) atoms. The molecule has 0 spiro atoms. The Kier molecular flexibility index (Phi) is 14.0. The number of fused-ring (bicyclic) bond motifs is 3. The van der Waals surface area contributed by atoms with Gasteiger partial charge in [0.25, 0.3) is 0 Å². The summed E-state index contributed by atoms with van der Waals surface area (Å²) in [6, 6.07) is 5.93. The molecule has 7 aromatic carbocycles. The summed E-state index contributed by atoms with van der Waals surface area (Å²) < 4.78 is 450. The van der Waals surface area contributed by atoms with Gasteiger partial charge >= 0.3 is 37.4 Å². The van der Waals surface area contributed by atoms with Crippen LogP contribution < -0.4 is 40.7 Å². The Hall–Kier alpha value is -6.57. The molecule has 1 aliphatic carbocycles. The van der Waals surface area contributed by atoms with E-state index in [1.54, 1.807) is 0 Å². The molecular weight excluding hydrogens is 1110 g/mol. The quantitative estimate of drug-likeness (QED) is 0.0885. The van der Waals surface area contributed by atoms with Gasteiger partial charge in [-0.05, 0) is 40.3 Å². The fourth-order valence-corrected chi connectivity index (χ4v) is 9.34. The van der Waals surface area contributed by atoms with Gasteiger partial charge in [0, 0.05) is 0 Å². The third-order valence-corrected chi connectivity index (χ3v) is 12.4. The van der Waals surface area contributed by atoms with Crippen LogP contribution in [0.5, 0.6) is 0 Å². The van der Waals surface area contributed by atoms with Crippen molar-refractivity contribution in [3.8, 4) is 22.3 Å². The predicted octanol–water partition coefficient (Wildman–Crippen LogP) is 10.5. The van der Waals surface area contributed by atoms with Crippen molar-refractivity contribution in [3.63, 3.8) is 0 Å². The molecule has 0 heterocycles. The minimum Gasteiger partial charge on any atom is -0.207 e. The van der Waals surface area contributed by atoms with Gasteiger partial charge in [-0.25, -0.2) is 87.8 Å². The zero-order valence-electron chi connectivity index (χ0n) is 35.8. The number of halogens is 29. The van der Waals surface area contributed by atoms with Crippen molar-refractivity contribution in [3.05, 3.63) is 174 Å². The summed E-state index contributed by atoms with van der Waals surface area (Å²) in [5.74, 6) is -81.2. The summed E-state index contributed by atoms with van der Waals surface area (Å²) in [5.41, 5.74) is -37.6. The smallest absolute Gasteiger partial charge is 0.207 e. The molecule has 0 fully saturated rings. The van der Waals surface area contributed by atoms with Crippen LogP contribution in [0.1, 0.15) is 27.8 Å².